The van der Waals surface area contributed by atoms with Crippen LogP contribution in [0.4, 0.5) is 5.95 Å². The number of nitrogens with zero attached hydrogens (tertiary/aromatic N) is 4. The van der Waals surface area contributed by atoms with Crippen LogP contribution in [0.1, 0.15) is 6.92 Å². The van der Waals surface area contributed by atoms with Gasteiger partial charge in [-0.1, -0.05) is 0 Å². The molecule has 15 heavy (non-hydrogen) atoms. The molecule has 1 N–H and O–H groups in total. The Kier molecular flexibility index (Phi) is 3.02. The average Bonchev–Trinajstić information content (AvgIpc) is 2.88. The molecule has 0 saturated carbocycles. The van der Waals surface area contributed by atoms with Crippen LogP contribution in [-0.2, 0) is 13.1 Å². The standard InChI is InChI=1S/C10H15N5/c1-2-15-8-5-13-10(15)12-4-7-14-6-3-11-9-14/h3,5-6,8-9H,2,4,7H2,1H3,(H,12,13). The van der Waals surface area contributed by atoms with Gasteiger partial charge in [0.1, 0.15) is 0 Å². The van der Waals surface area contributed by atoms with Crippen LogP contribution in [0.3, 0.4) is 0 Å². The molecule has 5 nitrogen and oxygen atoms in total. The zero-order chi connectivity index (χ0) is 10.5. The van der Waals surface area contributed by atoms with E-state index in [2.05, 4.69) is 26.8 Å². The number of nitrogens with one attached hydrogen (secondary N) is 1. The molecule has 0 aromatic carbocycles. The van der Waals surface area contributed by atoms with Crippen molar-refractivity contribution in [3.63, 3.8) is 0 Å². The van der Waals surface area contributed by atoms with Gasteiger partial charge in [-0.15, -0.1) is 0 Å². The van der Waals surface area contributed by atoms with E-state index in [1.807, 2.05) is 29.5 Å². The highest BCUT2D eigenvalue weighted by atomic mass is 15.2. The van der Waals surface area contributed by atoms with Gasteiger partial charge >= 0.3 is 0 Å². The topological polar surface area (TPSA) is 47.7 Å². The second-order valence-corrected chi connectivity index (χ2v) is 3.26. The number of hydrogen-bond donors (Lipinski definition) is 1. The number of aromatic nitrogens is 4. The smallest absolute Gasteiger partial charge is 0.202 e. The fourth-order valence-corrected chi connectivity index (χ4v) is 1.45. The maximum absolute atomic E-state index is 4.23. The Bertz CT molecular complexity index is 390. The number of imidazole rings is 2. The first kappa shape index (κ1) is 9.76. The number of anilines is 1. The molecule has 0 fully saturated rings. The summed E-state index contributed by atoms with van der Waals surface area (Å²) in [6.07, 6.45) is 9.33. The maximum atomic E-state index is 4.23. The molecule has 0 radical (unpaired) electrons. The van der Waals surface area contributed by atoms with E-state index in [9.17, 15) is 0 Å². The summed E-state index contributed by atoms with van der Waals surface area (Å²) in [6, 6.07) is 0. The number of aryl methyl sites for hydroxylation is 1. The monoisotopic (exact) mass is 205 g/mol. The van der Waals surface area contributed by atoms with Crippen LogP contribution in [0.15, 0.2) is 31.1 Å². The molecule has 2 rings (SSSR count). The molecule has 2 aromatic heterocycles. The molecule has 0 bridgehead atoms. The van der Waals surface area contributed by atoms with E-state index in [0.717, 1.165) is 25.6 Å². The van der Waals surface area contributed by atoms with Crippen LogP contribution >= 0.6 is 0 Å². The van der Waals surface area contributed by atoms with Gasteiger partial charge in [-0.2, -0.15) is 0 Å². The molecule has 5 heteroatoms. The molecule has 0 spiro atoms. The number of rotatable bonds is 5. The predicted octanol–water partition coefficient (Wildman–Crippen LogP) is 1.21. The molecule has 0 unspecified atom stereocenters. The Morgan fingerprint density at radius 1 is 1.33 bits per heavy atom. The van der Waals surface area contributed by atoms with Gasteiger partial charge in [0, 0.05) is 44.4 Å². The van der Waals surface area contributed by atoms with Gasteiger partial charge in [-0.05, 0) is 6.92 Å². The summed E-state index contributed by atoms with van der Waals surface area (Å²) in [4.78, 5) is 8.22. The summed E-state index contributed by atoms with van der Waals surface area (Å²) in [5.74, 6) is 0.928. The molecule has 0 saturated heterocycles. The lowest BCUT2D eigenvalue weighted by molar-refractivity contribution is 0.708. The summed E-state index contributed by atoms with van der Waals surface area (Å²) >= 11 is 0. The molecular formula is C10H15N5. The molecule has 2 heterocycles. The van der Waals surface area contributed by atoms with Crippen LogP contribution < -0.4 is 5.32 Å². The van der Waals surface area contributed by atoms with Crippen molar-refractivity contribution >= 4 is 5.95 Å². The Morgan fingerprint density at radius 2 is 2.27 bits per heavy atom. The summed E-state index contributed by atoms with van der Waals surface area (Å²) < 4.78 is 4.11. The van der Waals surface area contributed by atoms with Crippen LogP contribution in [-0.4, -0.2) is 25.6 Å². The molecule has 80 valence electrons. The highest BCUT2D eigenvalue weighted by molar-refractivity contribution is 5.25. The van der Waals surface area contributed by atoms with Crippen LogP contribution in [0.5, 0.6) is 0 Å². The summed E-state index contributed by atoms with van der Waals surface area (Å²) in [6.45, 7) is 4.79. The van der Waals surface area contributed by atoms with Crippen LogP contribution in [0.25, 0.3) is 0 Å². The highest BCUT2D eigenvalue weighted by Gasteiger charge is 1.98. The second-order valence-electron chi connectivity index (χ2n) is 3.26. The third kappa shape index (κ3) is 2.37. The quantitative estimate of drug-likeness (QED) is 0.798. The second kappa shape index (κ2) is 4.63. The maximum Gasteiger partial charge on any atom is 0.202 e. The average molecular weight is 205 g/mol. The van der Waals surface area contributed by atoms with Crippen molar-refractivity contribution in [2.45, 2.75) is 20.0 Å². The van der Waals surface area contributed by atoms with E-state index >= 15 is 0 Å². The lowest BCUT2D eigenvalue weighted by Gasteiger charge is -2.07. The van der Waals surface area contributed by atoms with Crippen molar-refractivity contribution in [1.82, 2.24) is 19.1 Å². The molecule has 0 atom stereocenters. The van der Waals surface area contributed by atoms with Gasteiger partial charge in [0.2, 0.25) is 5.95 Å². The minimum absolute atomic E-state index is 0.855. The SMILES string of the molecule is CCn1ccnc1NCCn1ccnc1. The Morgan fingerprint density at radius 3 is 3.00 bits per heavy atom. The molecule has 2 aromatic rings. The lowest BCUT2D eigenvalue weighted by Crippen LogP contribution is -2.12. The molecule has 0 aliphatic rings. The van der Waals surface area contributed by atoms with Gasteiger partial charge in [0.15, 0.2) is 0 Å². The van der Waals surface area contributed by atoms with Crippen molar-refractivity contribution in [2.75, 3.05) is 11.9 Å². The fourth-order valence-electron chi connectivity index (χ4n) is 1.45. The van der Waals surface area contributed by atoms with Gasteiger partial charge in [0.05, 0.1) is 6.33 Å². The normalized spacial score (nSPS) is 10.5. The van der Waals surface area contributed by atoms with Crippen LogP contribution in [0.2, 0.25) is 0 Å². The predicted molar refractivity (Wildman–Crippen MR) is 58.6 cm³/mol. The van der Waals surface area contributed by atoms with E-state index in [4.69, 9.17) is 0 Å². The highest BCUT2D eigenvalue weighted by Crippen LogP contribution is 2.02. The zero-order valence-corrected chi connectivity index (χ0v) is 8.80. The van der Waals surface area contributed by atoms with Gasteiger partial charge in [-0.25, -0.2) is 9.97 Å². The first-order chi connectivity index (χ1) is 7.40. The van der Waals surface area contributed by atoms with Crippen molar-refractivity contribution in [3.05, 3.63) is 31.1 Å². The molecule has 0 aliphatic heterocycles. The lowest BCUT2D eigenvalue weighted by atomic mass is 10.6. The van der Waals surface area contributed by atoms with E-state index in [0.29, 0.717) is 0 Å². The Balaban J connectivity index is 1.83. The Labute approximate surface area is 88.8 Å². The van der Waals surface area contributed by atoms with Crippen molar-refractivity contribution < 1.29 is 0 Å². The number of hydrogen-bond acceptors (Lipinski definition) is 3. The van der Waals surface area contributed by atoms with Crippen molar-refractivity contribution in [2.24, 2.45) is 0 Å². The van der Waals surface area contributed by atoms with E-state index < -0.39 is 0 Å². The fraction of sp³-hybridized carbons (Fsp3) is 0.400. The van der Waals surface area contributed by atoms with Gasteiger partial charge in [-0.3, -0.25) is 0 Å². The van der Waals surface area contributed by atoms with E-state index in [1.54, 1.807) is 6.20 Å². The largest absolute Gasteiger partial charge is 0.354 e. The Hall–Kier alpha value is -1.78. The van der Waals surface area contributed by atoms with E-state index in [-0.39, 0.29) is 0 Å². The summed E-state index contributed by atoms with van der Waals surface area (Å²) in [5, 5.41) is 3.29. The van der Waals surface area contributed by atoms with Gasteiger partial charge in [0.25, 0.3) is 0 Å². The minimum Gasteiger partial charge on any atom is -0.354 e. The zero-order valence-electron chi connectivity index (χ0n) is 8.80. The third-order valence-electron chi connectivity index (χ3n) is 2.27. The van der Waals surface area contributed by atoms with Crippen molar-refractivity contribution in [1.29, 1.82) is 0 Å². The third-order valence-corrected chi connectivity index (χ3v) is 2.27. The van der Waals surface area contributed by atoms with Crippen LogP contribution in [0, 0.1) is 0 Å². The molecule has 0 aliphatic carbocycles. The first-order valence-electron chi connectivity index (χ1n) is 5.11. The molecule has 0 amide bonds. The minimum atomic E-state index is 0.855. The first-order valence-corrected chi connectivity index (χ1v) is 5.11. The van der Waals surface area contributed by atoms with E-state index in [1.165, 1.54) is 0 Å². The van der Waals surface area contributed by atoms with Gasteiger partial charge < -0.3 is 14.5 Å². The summed E-state index contributed by atoms with van der Waals surface area (Å²) in [5.41, 5.74) is 0. The van der Waals surface area contributed by atoms with Crippen molar-refractivity contribution in [3.8, 4) is 0 Å². The molecular weight excluding hydrogens is 190 g/mol. The summed E-state index contributed by atoms with van der Waals surface area (Å²) in [7, 11) is 0.